The van der Waals surface area contributed by atoms with Crippen molar-refractivity contribution in [1.82, 2.24) is 0 Å². The number of furan rings is 1. The number of nitrogens with one attached hydrogen (secondary N) is 2. The fourth-order valence-electron chi connectivity index (χ4n) is 3.10. The van der Waals surface area contributed by atoms with Crippen molar-refractivity contribution in [3.8, 4) is 11.5 Å². The molecule has 0 spiro atoms. The van der Waals surface area contributed by atoms with Crippen LogP contribution in [0.3, 0.4) is 0 Å². The SMILES string of the molecule is COc1ccc(NS(=O)(=O)c2ccc(NC(=O)c3ccc(COc4cc(Cl)ccc4Cl)o3)cc2)cc1. The maximum Gasteiger partial charge on any atom is 0.291 e. The Kier molecular flexibility index (Phi) is 7.73. The number of carbonyl (C=O) groups is 1. The molecule has 186 valence electrons. The third-order valence-corrected chi connectivity index (χ3v) is 6.86. The molecule has 3 aromatic carbocycles. The first kappa shape index (κ1) is 25.4. The van der Waals surface area contributed by atoms with Crippen molar-refractivity contribution in [1.29, 1.82) is 0 Å². The van der Waals surface area contributed by atoms with Gasteiger partial charge in [0.15, 0.2) is 5.76 Å². The normalized spacial score (nSPS) is 11.1. The van der Waals surface area contributed by atoms with Crippen LogP contribution in [0, 0.1) is 0 Å². The van der Waals surface area contributed by atoms with Gasteiger partial charge in [-0.25, -0.2) is 8.42 Å². The highest BCUT2D eigenvalue weighted by Gasteiger charge is 2.16. The van der Waals surface area contributed by atoms with Gasteiger partial charge in [-0.3, -0.25) is 9.52 Å². The summed E-state index contributed by atoms with van der Waals surface area (Å²) in [5.41, 5.74) is 0.784. The van der Waals surface area contributed by atoms with Crippen LogP contribution >= 0.6 is 23.2 Å². The molecule has 1 amide bonds. The summed E-state index contributed by atoms with van der Waals surface area (Å²) in [6.45, 7) is 0.0428. The van der Waals surface area contributed by atoms with Gasteiger partial charge in [0.1, 0.15) is 23.9 Å². The molecule has 0 fully saturated rings. The monoisotopic (exact) mass is 546 g/mol. The minimum absolute atomic E-state index is 0.0356. The van der Waals surface area contributed by atoms with E-state index in [2.05, 4.69) is 10.0 Å². The van der Waals surface area contributed by atoms with E-state index in [1.165, 1.54) is 37.4 Å². The lowest BCUT2D eigenvalue weighted by Crippen LogP contribution is -2.14. The number of ether oxygens (including phenoxy) is 2. The van der Waals surface area contributed by atoms with Crippen LogP contribution in [0.15, 0.2) is 88.2 Å². The summed E-state index contributed by atoms with van der Waals surface area (Å²) < 4.78 is 44.0. The fraction of sp³-hybridized carbons (Fsp3) is 0.0800. The van der Waals surface area contributed by atoms with E-state index in [1.807, 2.05) is 0 Å². The molecule has 1 aromatic heterocycles. The average molecular weight is 547 g/mol. The predicted octanol–water partition coefficient (Wildman–Crippen LogP) is 6.23. The van der Waals surface area contributed by atoms with E-state index in [9.17, 15) is 13.2 Å². The highest BCUT2D eigenvalue weighted by molar-refractivity contribution is 7.92. The van der Waals surface area contributed by atoms with E-state index < -0.39 is 15.9 Å². The van der Waals surface area contributed by atoms with Gasteiger partial charge in [0, 0.05) is 22.5 Å². The second-order valence-electron chi connectivity index (χ2n) is 7.44. The van der Waals surface area contributed by atoms with Crippen LogP contribution in [0.2, 0.25) is 10.0 Å². The maximum absolute atomic E-state index is 12.6. The first-order valence-corrected chi connectivity index (χ1v) is 12.7. The molecule has 2 N–H and O–H groups in total. The van der Waals surface area contributed by atoms with Gasteiger partial charge < -0.3 is 19.2 Å². The number of methoxy groups -OCH3 is 1. The molecule has 0 aliphatic rings. The zero-order valence-corrected chi connectivity index (χ0v) is 21.2. The van der Waals surface area contributed by atoms with Gasteiger partial charge >= 0.3 is 0 Å². The Morgan fingerprint density at radius 3 is 2.31 bits per heavy atom. The topological polar surface area (TPSA) is 107 Å². The highest BCUT2D eigenvalue weighted by Crippen LogP contribution is 2.28. The van der Waals surface area contributed by atoms with Crippen molar-refractivity contribution < 1.29 is 27.1 Å². The van der Waals surface area contributed by atoms with Crippen molar-refractivity contribution in [2.75, 3.05) is 17.1 Å². The van der Waals surface area contributed by atoms with Crippen molar-refractivity contribution in [2.45, 2.75) is 11.5 Å². The van der Waals surface area contributed by atoms with Gasteiger partial charge in [0.2, 0.25) is 0 Å². The largest absolute Gasteiger partial charge is 0.497 e. The van der Waals surface area contributed by atoms with Crippen LogP contribution in [0.25, 0.3) is 0 Å². The smallest absolute Gasteiger partial charge is 0.291 e. The highest BCUT2D eigenvalue weighted by atomic mass is 35.5. The molecule has 0 atom stereocenters. The second-order valence-corrected chi connectivity index (χ2v) is 9.97. The van der Waals surface area contributed by atoms with E-state index in [1.54, 1.807) is 48.5 Å². The van der Waals surface area contributed by atoms with Gasteiger partial charge in [0.25, 0.3) is 15.9 Å². The minimum atomic E-state index is -3.82. The van der Waals surface area contributed by atoms with Crippen LogP contribution in [0.5, 0.6) is 11.5 Å². The van der Waals surface area contributed by atoms with Crippen molar-refractivity contribution in [3.63, 3.8) is 0 Å². The molecule has 36 heavy (non-hydrogen) atoms. The third kappa shape index (κ3) is 6.31. The molecule has 0 saturated carbocycles. The number of amides is 1. The van der Waals surface area contributed by atoms with Gasteiger partial charge in [-0.15, -0.1) is 0 Å². The molecule has 0 radical (unpaired) electrons. The number of halogens is 2. The lowest BCUT2D eigenvalue weighted by Gasteiger charge is -2.10. The van der Waals surface area contributed by atoms with Gasteiger partial charge in [0.05, 0.1) is 17.0 Å². The van der Waals surface area contributed by atoms with E-state index in [4.69, 9.17) is 37.1 Å². The van der Waals surface area contributed by atoms with Crippen LogP contribution in [-0.2, 0) is 16.6 Å². The molecule has 0 unspecified atom stereocenters. The Bertz CT molecular complexity index is 1470. The standard InChI is InChI=1S/C25H20Cl2N2O6S/c1-33-19-7-3-18(4-8-19)29-36(31,32)21-10-5-17(6-11-21)28-25(30)23-13-9-20(35-23)15-34-24-14-16(26)2-12-22(24)27/h2-14,29H,15H2,1H3,(H,28,30). The molecule has 11 heteroatoms. The van der Waals surface area contributed by atoms with Gasteiger partial charge in [-0.1, -0.05) is 23.2 Å². The number of hydrogen-bond donors (Lipinski definition) is 2. The van der Waals surface area contributed by atoms with Crippen molar-refractivity contribution in [2.24, 2.45) is 0 Å². The van der Waals surface area contributed by atoms with Crippen molar-refractivity contribution >= 4 is 50.5 Å². The number of sulfonamides is 1. The summed E-state index contributed by atoms with van der Waals surface area (Å²) in [7, 11) is -2.29. The summed E-state index contributed by atoms with van der Waals surface area (Å²) in [6, 6.07) is 20.2. The lowest BCUT2D eigenvalue weighted by molar-refractivity contribution is 0.0992. The molecule has 4 aromatic rings. The van der Waals surface area contributed by atoms with E-state index in [0.717, 1.165) is 0 Å². The van der Waals surface area contributed by atoms with Gasteiger partial charge in [-0.2, -0.15) is 0 Å². The number of hydrogen-bond acceptors (Lipinski definition) is 6. The predicted molar refractivity (Wildman–Crippen MR) is 138 cm³/mol. The third-order valence-electron chi connectivity index (χ3n) is 4.91. The summed E-state index contributed by atoms with van der Waals surface area (Å²) in [6.07, 6.45) is 0. The van der Waals surface area contributed by atoms with Crippen LogP contribution < -0.4 is 19.5 Å². The first-order valence-electron chi connectivity index (χ1n) is 10.5. The molecular formula is C25H20Cl2N2O6S. The fourth-order valence-corrected chi connectivity index (χ4v) is 4.49. The maximum atomic E-state index is 12.6. The Balaban J connectivity index is 1.36. The van der Waals surface area contributed by atoms with Gasteiger partial charge in [-0.05, 0) is 72.8 Å². The van der Waals surface area contributed by atoms with E-state index in [0.29, 0.717) is 38.7 Å². The zero-order valence-electron chi connectivity index (χ0n) is 18.8. The Morgan fingerprint density at radius 2 is 1.61 bits per heavy atom. The van der Waals surface area contributed by atoms with Crippen LogP contribution in [0.1, 0.15) is 16.3 Å². The average Bonchev–Trinajstić information content (AvgIpc) is 3.34. The molecule has 4 rings (SSSR count). The number of rotatable bonds is 9. The second kappa shape index (κ2) is 10.9. The summed E-state index contributed by atoms with van der Waals surface area (Å²) in [5.74, 6) is 0.961. The number of carbonyl (C=O) groups excluding carboxylic acids is 1. The Morgan fingerprint density at radius 1 is 0.917 bits per heavy atom. The van der Waals surface area contributed by atoms with E-state index in [-0.39, 0.29) is 17.3 Å². The zero-order chi connectivity index (χ0) is 25.7. The molecular weight excluding hydrogens is 527 g/mol. The number of benzene rings is 3. The number of anilines is 2. The molecule has 0 saturated heterocycles. The Labute approximate surface area is 217 Å². The molecule has 0 aliphatic heterocycles. The minimum Gasteiger partial charge on any atom is -0.497 e. The molecule has 1 heterocycles. The molecule has 0 aliphatic carbocycles. The van der Waals surface area contributed by atoms with Crippen LogP contribution in [-0.4, -0.2) is 21.4 Å². The summed E-state index contributed by atoms with van der Waals surface area (Å²) in [5, 5.41) is 3.53. The molecule has 0 bridgehead atoms. The Hall–Kier alpha value is -3.66. The van der Waals surface area contributed by atoms with Crippen LogP contribution in [0.4, 0.5) is 11.4 Å². The van der Waals surface area contributed by atoms with Crippen molar-refractivity contribution in [3.05, 3.63) is 100 Å². The van der Waals surface area contributed by atoms with E-state index >= 15 is 0 Å². The summed E-state index contributed by atoms with van der Waals surface area (Å²) >= 11 is 12.0. The summed E-state index contributed by atoms with van der Waals surface area (Å²) in [4.78, 5) is 12.6. The quantitative estimate of drug-likeness (QED) is 0.258. The molecule has 8 nitrogen and oxygen atoms in total. The first-order chi connectivity index (χ1) is 17.2. The lowest BCUT2D eigenvalue weighted by atomic mass is 10.3.